The standard InChI is InChI=1S/C17H24Cl2O/c1-16(2,3)15-9-4-5-10-17(15,20)11-12-13(18)7-6-8-14(12)19/h6-8,15,20H,4-5,9-11H2,1-3H3. The van der Waals surface area contributed by atoms with Gasteiger partial charge in [-0.15, -0.1) is 0 Å². The molecule has 20 heavy (non-hydrogen) atoms. The minimum Gasteiger partial charge on any atom is -0.389 e. The minimum absolute atomic E-state index is 0.0862. The van der Waals surface area contributed by atoms with Crippen molar-refractivity contribution >= 4 is 23.2 Å². The largest absolute Gasteiger partial charge is 0.389 e. The van der Waals surface area contributed by atoms with E-state index >= 15 is 0 Å². The molecular weight excluding hydrogens is 291 g/mol. The van der Waals surface area contributed by atoms with Crippen LogP contribution in [0.1, 0.15) is 52.0 Å². The van der Waals surface area contributed by atoms with Gasteiger partial charge >= 0.3 is 0 Å². The van der Waals surface area contributed by atoms with E-state index in [1.807, 2.05) is 18.2 Å². The van der Waals surface area contributed by atoms with Gasteiger partial charge in [-0.3, -0.25) is 0 Å². The maximum Gasteiger partial charge on any atom is 0.0722 e. The SMILES string of the molecule is CC(C)(C)C1CCCCC1(O)Cc1c(Cl)cccc1Cl. The molecule has 1 aromatic carbocycles. The van der Waals surface area contributed by atoms with Gasteiger partial charge in [0.15, 0.2) is 0 Å². The van der Waals surface area contributed by atoms with Gasteiger partial charge in [0, 0.05) is 16.5 Å². The van der Waals surface area contributed by atoms with Crippen LogP contribution < -0.4 is 0 Å². The van der Waals surface area contributed by atoms with Crippen LogP contribution in [0.2, 0.25) is 10.0 Å². The summed E-state index contributed by atoms with van der Waals surface area (Å²) in [5.41, 5.74) is 0.267. The molecule has 1 saturated carbocycles. The summed E-state index contributed by atoms with van der Waals surface area (Å²) in [7, 11) is 0. The molecular formula is C17H24Cl2O. The lowest BCUT2D eigenvalue weighted by Gasteiger charge is -2.47. The molecule has 0 spiro atoms. The van der Waals surface area contributed by atoms with Crippen molar-refractivity contribution in [1.29, 1.82) is 0 Å². The van der Waals surface area contributed by atoms with Gasteiger partial charge < -0.3 is 5.11 Å². The average molecular weight is 315 g/mol. The van der Waals surface area contributed by atoms with Crippen molar-refractivity contribution in [3.8, 4) is 0 Å². The Morgan fingerprint density at radius 2 is 1.80 bits per heavy atom. The summed E-state index contributed by atoms with van der Waals surface area (Å²) in [6.07, 6.45) is 4.72. The van der Waals surface area contributed by atoms with Gasteiger partial charge in [-0.1, -0.05) is 62.9 Å². The Kier molecular flexibility index (Phi) is 4.73. The molecule has 3 heteroatoms. The monoisotopic (exact) mass is 314 g/mol. The number of hydrogen-bond acceptors (Lipinski definition) is 1. The Bertz CT molecular complexity index is 458. The van der Waals surface area contributed by atoms with E-state index in [4.69, 9.17) is 23.2 Å². The zero-order chi connectivity index (χ0) is 15.0. The molecule has 0 saturated heterocycles. The first kappa shape index (κ1) is 16.1. The average Bonchev–Trinajstić information content (AvgIpc) is 2.33. The number of benzene rings is 1. The fraction of sp³-hybridized carbons (Fsp3) is 0.647. The van der Waals surface area contributed by atoms with Crippen LogP contribution in [-0.4, -0.2) is 10.7 Å². The van der Waals surface area contributed by atoms with Crippen molar-refractivity contribution in [1.82, 2.24) is 0 Å². The van der Waals surface area contributed by atoms with E-state index in [0.717, 1.165) is 24.8 Å². The second-order valence-corrected chi connectivity index (χ2v) is 7.96. The number of rotatable bonds is 2. The van der Waals surface area contributed by atoms with E-state index in [2.05, 4.69) is 20.8 Å². The third-order valence-electron chi connectivity index (χ3n) is 4.59. The summed E-state index contributed by atoms with van der Waals surface area (Å²) in [5, 5.41) is 12.6. The topological polar surface area (TPSA) is 20.2 Å². The van der Waals surface area contributed by atoms with Gasteiger partial charge in [0.25, 0.3) is 0 Å². The molecule has 1 N–H and O–H groups in total. The number of hydrogen-bond donors (Lipinski definition) is 1. The molecule has 0 aliphatic heterocycles. The zero-order valence-electron chi connectivity index (χ0n) is 12.5. The van der Waals surface area contributed by atoms with E-state index in [1.54, 1.807) is 0 Å². The summed E-state index contributed by atoms with van der Waals surface area (Å²) in [6, 6.07) is 5.54. The molecule has 1 fully saturated rings. The third kappa shape index (κ3) is 3.32. The normalized spacial score (nSPS) is 27.6. The smallest absolute Gasteiger partial charge is 0.0722 e. The maximum absolute atomic E-state index is 11.3. The van der Waals surface area contributed by atoms with Gasteiger partial charge in [-0.05, 0) is 41.9 Å². The summed E-state index contributed by atoms with van der Waals surface area (Å²) < 4.78 is 0. The molecule has 0 heterocycles. The van der Waals surface area contributed by atoms with Crippen LogP contribution >= 0.6 is 23.2 Å². The molecule has 0 aromatic heterocycles. The summed E-state index contributed by atoms with van der Waals surface area (Å²) in [4.78, 5) is 0. The first-order valence-corrected chi connectivity index (χ1v) is 8.15. The van der Waals surface area contributed by atoms with Gasteiger partial charge in [0.05, 0.1) is 5.60 Å². The van der Waals surface area contributed by atoms with E-state index in [0.29, 0.717) is 16.5 Å². The highest BCUT2D eigenvalue weighted by molar-refractivity contribution is 6.36. The summed E-state index contributed by atoms with van der Waals surface area (Å²) in [6.45, 7) is 6.63. The Morgan fingerprint density at radius 3 is 2.35 bits per heavy atom. The molecule has 1 aromatic rings. The molecule has 2 rings (SSSR count). The minimum atomic E-state index is -0.703. The van der Waals surface area contributed by atoms with E-state index in [-0.39, 0.29) is 11.3 Å². The highest BCUT2D eigenvalue weighted by atomic mass is 35.5. The Hall–Kier alpha value is -0.240. The van der Waals surface area contributed by atoms with E-state index in [9.17, 15) is 5.11 Å². The maximum atomic E-state index is 11.3. The van der Waals surface area contributed by atoms with Crippen LogP contribution in [-0.2, 0) is 6.42 Å². The Balaban J connectivity index is 2.33. The summed E-state index contributed by atoms with van der Waals surface area (Å²) >= 11 is 12.6. The summed E-state index contributed by atoms with van der Waals surface area (Å²) in [5.74, 6) is 0.274. The fourth-order valence-corrected chi connectivity index (χ4v) is 4.21. The van der Waals surface area contributed by atoms with Crippen LogP contribution in [0, 0.1) is 11.3 Å². The predicted molar refractivity (Wildman–Crippen MR) is 86.5 cm³/mol. The molecule has 0 radical (unpaired) electrons. The molecule has 2 atom stereocenters. The van der Waals surface area contributed by atoms with Crippen molar-refractivity contribution in [3.05, 3.63) is 33.8 Å². The first-order chi connectivity index (χ1) is 9.24. The third-order valence-corrected chi connectivity index (χ3v) is 5.30. The van der Waals surface area contributed by atoms with E-state index in [1.165, 1.54) is 6.42 Å². The van der Waals surface area contributed by atoms with Crippen molar-refractivity contribution in [2.75, 3.05) is 0 Å². The highest BCUT2D eigenvalue weighted by Gasteiger charge is 2.45. The van der Waals surface area contributed by atoms with Gasteiger partial charge in [-0.2, -0.15) is 0 Å². The number of halogens is 2. The molecule has 112 valence electrons. The van der Waals surface area contributed by atoms with Crippen LogP contribution in [0.15, 0.2) is 18.2 Å². The molecule has 0 amide bonds. The second-order valence-electron chi connectivity index (χ2n) is 7.14. The fourth-order valence-electron chi connectivity index (χ4n) is 3.68. The molecule has 1 aliphatic rings. The van der Waals surface area contributed by atoms with Crippen molar-refractivity contribution < 1.29 is 5.11 Å². The molecule has 0 bridgehead atoms. The Labute approximate surface area is 132 Å². The van der Waals surface area contributed by atoms with Crippen LogP contribution in [0.4, 0.5) is 0 Å². The molecule has 2 unspecified atom stereocenters. The Morgan fingerprint density at radius 1 is 1.20 bits per heavy atom. The quantitative estimate of drug-likeness (QED) is 0.763. The predicted octanol–water partition coefficient (Wildman–Crippen LogP) is 5.50. The lowest BCUT2D eigenvalue weighted by molar-refractivity contribution is -0.0889. The van der Waals surface area contributed by atoms with Gasteiger partial charge in [-0.25, -0.2) is 0 Å². The number of aliphatic hydroxyl groups is 1. The van der Waals surface area contributed by atoms with Gasteiger partial charge in [0.2, 0.25) is 0 Å². The van der Waals surface area contributed by atoms with Crippen LogP contribution in [0.25, 0.3) is 0 Å². The second kappa shape index (κ2) is 5.87. The zero-order valence-corrected chi connectivity index (χ0v) is 14.1. The van der Waals surface area contributed by atoms with Gasteiger partial charge in [0.1, 0.15) is 0 Å². The van der Waals surface area contributed by atoms with Crippen LogP contribution in [0.3, 0.4) is 0 Å². The first-order valence-electron chi connectivity index (χ1n) is 7.39. The van der Waals surface area contributed by atoms with Crippen LogP contribution in [0.5, 0.6) is 0 Å². The van der Waals surface area contributed by atoms with Crippen molar-refractivity contribution in [2.45, 2.75) is 58.5 Å². The highest BCUT2D eigenvalue weighted by Crippen LogP contribution is 2.47. The molecule has 1 nitrogen and oxygen atoms in total. The van der Waals surface area contributed by atoms with Crippen molar-refractivity contribution in [3.63, 3.8) is 0 Å². The van der Waals surface area contributed by atoms with E-state index < -0.39 is 5.60 Å². The van der Waals surface area contributed by atoms with Crippen molar-refractivity contribution in [2.24, 2.45) is 11.3 Å². The molecule has 1 aliphatic carbocycles. The lowest BCUT2D eigenvalue weighted by atomic mass is 9.62. The lowest BCUT2D eigenvalue weighted by Crippen LogP contribution is -2.48.